The predicted molar refractivity (Wildman–Crippen MR) is 55.3 cm³/mol. The molecule has 5 heteroatoms. The fourth-order valence-corrected chi connectivity index (χ4v) is 0.773. The lowest BCUT2D eigenvalue weighted by Gasteiger charge is -2.10. The van der Waals surface area contributed by atoms with Crippen LogP contribution in [0.5, 0.6) is 0 Å². The summed E-state index contributed by atoms with van der Waals surface area (Å²) < 4.78 is 10.1. The Bertz CT molecular complexity index is 213. The van der Waals surface area contributed by atoms with E-state index in [1.54, 1.807) is 0 Å². The van der Waals surface area contributed by atoms with E-state index in [0.717, 1.165) is 6.42 Å². The van der Waals surface area contributed by atoms with E-state index in [0.29, 0.717) is 19.6 Å². The number of hydrogen-bond acceptors (Lipinski definition) is 4. The molecule has 1 N–H and O–H groups in total. The summed E-state index contributed by atoms with van der Waals surface area (Å²) in [5.41, 5.74) is 0. The lowest BCUT2D eigenvalue weighted by Crippen LogP contribution is -2.26. The smallest absolute Gasteiger partial charge is 0.407 e. The Morgan fingerprint density at radius 3 is 2.87 bits per heavy atom. The summed E-state index contributed by atoms with van der Waals surface area (Å²) in [6.45, 7) is 4.96. The van der Waals surface area contributed by atoms with Crippen LogP contribution in [0.2, 0.25) is 0 Å². The molecule has 86 valence electrons. The molecule has 1 amide bonds. The van der Waals surface area contributed by atoms with Gasteiger partial charge in [0.15, 0.2) is 0 Å². The van der Waals surface area contributed by atoms with Crippen LogP contribution in [0.1, 0.15) is 26.7 Å². The summed E-state index contributed by atoms with van der Waals surface area (Å²) in [6.07, 6.45) is 0.917. The lowest BCUT2D eigenvalue weighted by molar-refractivity contribution is 0.0294. The highest BCUT2D eigenvalue weighted by Crippen LogP contribution is 1.94. The highest BCUT2D eigenvalue weighted by Gasteiger charge is 2.01. The summed E-state index contributed by atoms with van der Waals surface area (Å²) in [4.78, 5) is 10.9. The second kappa shape index (κ2) is 9.28. The SMILES string of the molecule is CCC(C)OCCOC(=O)NCCC#N. The minimum absolute atomic E-state index is 0.190. The zero-order valence-electron chi connectivity index (χ0n) is 9.28. The van der Waals surface area contributed by atoms with E-state index in [2.05, 4.69) is 5.32 Å². The maximum absolute atomic E-state index is 10.9. The standard InChI is InChI=1S/C10H18N2O3/c1-3-9(2)14-7-8-15-10(13)12-6-4-5-11/h9H,3-4,6-8H2,1-2H3,(H,12,13). The van der Waals surface area contributed by atoms with Crippen LogP contribution in [0.4, 0.5) is 4.79 Å². The molecule has 1 unspecified atom stereocenters. The Balaban J connectivity index is 3.28. The number of alkyl carbamates (subject to hydrolysis) is 1. The summed E-state index contributed by atoms with van der Waals surface area (Å²) in [5.74, 6) is 0. The molecule has 0 aliphatic heterocycles. The molecule has 0 aliphatic rings. The number of hydrogen-bond donors (Lipinski definition) is 1. The third-order valence-electron chi connectivity index (χ3n) is 1.80. The first kappa shape index (κ1) is 13.7. The van der Waals surface area contributed by atoms with Gasteiger partial charge in [0.05, 0.1) is 25.2 Å². The maximum atomic E-state index is 10.9. The molecule has 0 rings (SSSR count). The molecule has 0 aliphatic carbocycles. The summed E-state index contributed by atoms with van der Waals surface area (Å²) in [6, 6.07) is 1.92. The zero-order chi connectivity index (χ0) is 11.5. The van der Waals surface area contributed by atoms with Gasteiger partial charge in [0, 0.05) is 6.54 Å². The van der Waals surface area contributed by atoms with Gasteiger partial charge in [-0.15, -0.1) is 0 Å². The first-order valence-electron chi connectivity index (χ1n) is 5.09. The third-order valence-corrected chi connectivity index (χ3v) is 1.80. The third kappa shape index (κ3) is 9.03. The minimum atomic E-state index is -0.502. The monoisotopic (exact) mass is 214 g/mol. The van der Waals surface area contributed by atoms with E-state index in [4.69, 9.17) is 14.7 Å². The van der Waals surface area contributed by atoms with Gasteiger partial charge >= 0.3 is 6.09 Å². The van der Waals surface area contributed by atoms with Crippen molar-refractivity contribution in [1.29, 1.82) is 5.26 Å². The molecule has 0 fully saturated rings. The minimum Gasteiger partial charge on any atom is -0.447 e. The number of nitriles is 1. The second-order valence-electron chi connectivity index (χ2n) is 3.06. The van der Waals surface area contributed by atoms with E-state index in [1.807, 2.05) is 19.9 Å². The van der Waals surface area contributed by atoms with Gasteiger partial charge in [-0.1, -0.05) is 6.92 Å². The summed E-state index contributed by atoms with van der Waals surface area (Å²) in [5, 5.41) is 10.7. The second-order valence-corrected chi connectivity index (χ2v) is 3.06. The Kier molecular flexibility index (Phi) is 8.49. The number of ether oxygens (including phenoxy) is 2. The quantitative estimate of drug-likeness (QED) is 0.651. The fraction of sp³-hybridized carbons (Fsp3) is 0.800. The van der Waals surface area contributed by atoms with Gasteiger partial charge in [0.1, 0.15) is 6.61 Å². The van der Waals surface area contributed by atoms with Crippen molar-refractivity contribution in [3.05, 3.63) is 0 Å². The number of amides is 1. The van der Waals surface area contributed by atoms with Crippen LogP contribution in [-0.2, 0) is 9.47 Å². The molecule has 0 aromatic heterocycles. The van der Waals surface area contributed by atoms with Crippen LogP contribution < -0.4 is 5.32 Å². The number of nitrogens with zero attached hydrogens (tertiary/aromatic N) is 1. The van der Waals surface area contributed by atoms with Crippen LogP contribution in [0, 0.1) is 11.3 Å². The van der Waals surface area contributed by atoms with Gasteiger partial charge in [-0.2, -0.15) is 5.26 Å². The number of nitrogens with one attached hydrogen (secondary N) is 1. The number of carbonyl (C=O) groups excluding carboxylic acids is 1. The predicted octanol–water partition coefficient (Wildman–Crippen LogP) is 1.44. The topological polar surface area (TPSA) is 71.3 Å². The van der Waals surface area contributed by atoms with E-state index in [9.17, 15) is 4.79 Å². The summed E-state index contributed by atoms with van der Waals surface area (Å²) in [7, 11) is 0. The normalized spacial score (nSPS) is 11.5. The van der Waals surface area contributed by atoms with Crippen LogP contribution in [0.25, 0.3) is 0 Å². The van der Waals surface area contributed by atoms with Crippen molar-refractivity contribution in [2.45, 2.75) is 32.8 Å². The van der Waals surface area contributed by atoms with Gasteiger partial charge in [-0.25, -0.2) is 4.79 Å². The lowest BCUT2D eigenvalue weighted by atomic mass is 10.3. The zero-order valence-corrected chi connectivity index (χ0v) is 9.28. The average Bonchev–Trinajstić information content (AvgIpc) is 2.24. The molecule has 0 saturated carbocycles. The fourth-order valence-electron chi connectivity index (χ4n) is 0.773. The Morgan fingerprint density at radius 1 is 1.53 bits per heavy atom. The molecule has 0 saturated heterocycles. The van der Waals surface area contributed by atoms with Crippen LogP contribution in [0.3, 0.4) is 0 Å². The summed E-state index contributed by atoms with van der Waals surface area (Å²) >= 11 is 0. The van der Waals surface area contributed by atoms with Crippen molar-refractivity contribution in [2.75, 3.05) is 19.8 Å². The molecular formula is C10H18N2O3. The van der Waals surface area contributed by atoms with Gasteiger partial charge in [-0.3, -0.25) is 0 Å². The van der Waals surface area contributed by atoms with E-state index >= 15 is 0 Å². The van der Waals surface area contributed by atoms with E-state index < -0.39 is 6.09 Å². The van der Waals surface area contributed by atoms with E-state index in [1.165, 1.54) is 0 Å². The molecule has 0 spiro atoms. The Hall–Kier alpha value is -1.28. The van der Waals surface area contributed by atoms with Crippen LogP contribution in [0.15, 0.2) is 0 Å². The van der Waals surface area contributed by atoms with Crippen molar-refractivity contribution >= 4 is 6.09 Å². The number of rotatable bonds is 7. The molecule has 15 heavy (non-hydrogen) atoms. The first-order chi connectivity index (χ1) is 7.20. The molecule has 0 bridgehead atoms. The Labute approximate surface area is 90.4 Å². The highest BCUT2D eigenvalue weighted by molar-refractivity contribution is 5.67. The molecule has 1 atom stereocenters. The first-order valence-corrected chi connectivity index (χ1v) is 5.09. The molecule has 0 aromatic rings. The van der Waals surface area contributed by atoms with Crippen molar-refractivity contribution in [3.8, 4) is 6.07 Å². The highest BCUT2D eigenvalue weighted by atomic mass is 16.6. The molecule has 0 radical (unpaired) electrons. The van der Waals surface area contributed by atoms with E-state index in [-0.39, 0.29) is 12.7 Å². The van der Waals surface area contributed by atoms with Gasteiger partial charge in [0.25, 0.3) is 0 Å². The van der Waals surface area contributed by atoms with Gasteiger partial charge < -0.3 is 14.8 Å². The van der Waals surface area contributed by atoms with Crippen molar-refractivity contribution in [1.82, 2.24) is 5.32 Å². The van der Waals surface area contributed by atoms with Crippen molar-refractivity contribution < 1.29 is 14.3 Å². The Morgan fingerprint density at radius 2 is 2.27 bits per heavy atom. The molecule has 0 heterocycles. The average molecular weight is 214 g/mol. The largest absolute Gasteiger partial charge is 0.447 e. The number of carbonyl (C=O) groups is 1. The maximum Gasteiger partial charge on any atom is 0.407 e. The van der Waals surface area contributed by atoms with Crippen LogP contribution >= 0.6 is 0 Å². The molecular weight excluding hydrogens is 196 g/mol. The van der Waals surface area contributed by atoms with Crippen molar-refractivity contribution in [2.24, 2.45) is 0 Å². The van der Waals surface area contributed by atoms with Gasteiger partial charge in [0.2, 0.25) is 0 Å². The van der Waals surface area contributed by atoms with Crippen LogP contribution in [-0.4, -0.2) is 32.0 Å². The van der Waals surface area contributed by atoms with Gasteiger partial charge in [-0.05, 0) is 13.3 Å². The van der Waals surface area contributed by atoms with Crippen molar-refractivity contribution in [3.63, 3.8) is 0 Å². The molecule has 0 aromatic carbocycles. The molecule has 5 nitrogen and oxygen atoms in total.